The van der Waals surface area contributed by atoms with Gasteiger partial charge in [-0.05, 0) is 79.3 Å². The van der Waals surface area contributed by atoms with Gasteiger partial charge in [0, 0.05) is 23.7 Å². The molecule has 0 bridgehead atoms. The molecule has 7 heteroatoms. The van der Waals surface area contributed by atoms with Crippen LogP contribution in [0.4, 0.5) is 0 Å². The van der Waals surface area contributed by atoms with Crippen LogP contribution in [0.15, 0.2) is 84.9 Å². The van der Waals surface area contributed by atoms with E-state index in [0.717, 1.165) is 29.5 Å². The van der Waals surface area contributed by atoms with Gasteiger partial charge < -0.3 is 24.2 Å². The van der Waals surface area contributed by atoms with E-state index in [9.17, 15) is 14.7 Å². The molecular formula is C34H33NO6. The van der Waals surface area contributed by atoms with Gasteiger partial charge in [-0.2, -0.15) is 0 Å². The van der Waals surface area contributed by atoms with Gasteiger partial charge in [-0.15, -0.1) is 0 Å². The van der Waals surface area contributed by atoms with E-state index in [4.69, 9.17) is 14.2 Å². The summed E-state index contributed by atoms with van der Waals surface area (Å²) in [6.45, 7) is 2.29. The third kappa shape index (κ3) is 6.04. The molecule has 1 atom stereocenters. The number of amides is 1. The highest BCUT2D eigenvalue weighted by atomic mass is 16.5. The van der Waals surface area contributed by atoms with Crippen molar-refractivity contribution in [3.63, 3.8) is 0 Å². The number of hydrogen-bond donors (Lipinski definition) is 1. The fraction of sp³-hybridized carbons (Fsp3) is 0.235. The van der Waals surface area contributed by atoms with Gasteiger partial charge in [0.25, 0.3) is 5.91 Å². The topological polar surface area (TPSA) is 85.3 Å². The van der Waals surface area contributed by atoms with E-state index < -0.39 is 5.97 Å². The monoisotopic (exact) mass is 551 g/mol. The SMILES string of the molecule is COc1cc(C(=O)N2Cc3cc(Oc4ccccc4C(=O)O)ccc3CC2CCc2ccccc2)cc(OC)c1C. The maximum absolute atomic E-state index is 14.1. The summed E-state index contributed by atoms with van der Waals surface area (Å²) in [5, 5.41) is 9.55. The number of hydrogen-bond acceptors (Lipinski definition) is 5. The average Bonchev–Trinajstić information content (AvgIpc) is 3.00. The summed E-state index contributed by atoms with van der Waals surface area (Å²) in [5.74, 6) is 0.820. The van der Waals surface area contributed by atoms with Crippen LogP contribution < -0.4 is 14.2 Å². The Kier molecular flexibility index (Phi) is 8.24. The second kappa shape index (κ2) is 12.2. The Bertz CT molecular complexity index is 1540. The van der Waals surface area contributed by atoms with Gasteiger partial charge in [0.2, 0.25) is 0 Å². The molecule has 1 aliphatic heterocycles. The van der Waals surface area contributed by atoms with Gasteiger partial charge >= 0.3 is 5.97 Å². The van der Waals surface area contributed by atoms with Gasteiger partial charge in [-0.25, -0.2) is 4.79 Å². The number of carboxylic acid groups (broad SMARTS) is 1. The van der Waals surface area contributed by atoms with Gasteiger partial charge in [-0.1, -0.05) is 48.5 Å². The number of benzene rings is 4. The van der Waals surface area contributed by atoms with Crippen LogP contribution in [0.1, 0.15) is 49.4 Å². The molecule has 0 fully saturated rings. The van der Waals surface area contributed by atoms with E-state index in [2.05, 4.69) is 12.1 Å². The van der Waals surface area contributed by atoms with E-state index in [0.29, 0.717) is 35.8 Å². The minimum absolute atomic E-state index is 0.0204. The number of aryl methyl sites for hydroxylation is 1. The Morgan fingerprint density at radius 2 is 1.54 bits per heavy atom. The molecule has 0 aliphatic carbocycles. The van der Waals surface area contributed by atoms with Gasteiger partial charge in [0.1, 0.15) is 28.6 Å². The molecule has 4 aromatic rings. The number of carbonyl (C=O) groups excluding carboxylic acids is 1. The Morgan fingerprint density at radius 1 is 0.854 bits per heavy atom. The highest BCUT2D eigenvalue weighted by Crippen LogP contribution is 2.35. The number of carbonyl (C=O) groups is 2. The lowest BCUT2D eigenvalue weighted by Crippen LogP contribution is -2.44. The quantitative estimate of drug-likeness (QED) is 0.249. The lowest BCUT2D eigenvalue weighted by molar-refractivity contribution is 0.0627. The normalized spacial score (nSPS) is 14.2. The number of ether oxygens (including phenoxy) is 3. The Labute approximate surface area is 239 Å². The number of carboxylic acids is 1. The predicted molar refractivity (Wildman–Crippen MR) is 156 cm³/mol. The molecule has 1 unspecified atom stereocenters. The summed E-state index contributed by atoms with van der Waals surface area (Å²) >= 11 is 0. The predicted octanol–water partition coefficient (Wildman–Crippen LogP) is 6.70. The van der Waals surface area contributed by atoms with E-state index in [1.807, 2.05) is 48.2 Å². The maximum atomic E-state index is 14.1. The van der Waals surface area contributed by atoms with E-state index >= 15 is 0 Å². The standard InChI is InChI=1S/C34H33NO6/c1-22-31(39-2)19-25(20-32(22)40-3)33(36)35-21-26-18-28(41-30-12-8-7-11-29(30)34(37)38)16-14-24(26)17-27(35)15-13-23-9-5-4-6-10-23/h4-12,14,16,18-20,27H,13,15,17,21H2,1-3H3,(H,37,38). The van der Waals surface area contributed by atoms with E-state index in [1.165, 1.54) is 11.6 Å². The molecule has 0 aromatic heterocycles. The first kappa shape index (κ1) is 27.8. The fourth-order valence-electron chi connectivity index (χ4n) is 5.40. The average molecular weight is 552 g/mol. The summed E-state index contributed by atoms with van der Waals surface area (Å²) < 4.78 is 17.1. The van der Waals surface area contributed by atoms with Crippen LogP contribution in [-0.4, -0.2) is 42.1 Å². The maximum Gasteiger partial charge on any atom is 0.339 e. The molecule has 41 heavy (non-hydrogen) atoms. The largest absolute Gasteiger partial charge is 0.496 e. The summed E-state index contributed by atoms with van der Waals surface area (Å²) in [6.07, 6.45) is 2.35. The first-order valence-electron chi connectivity index (χ1n) is 13.6. The zero-order chi connectivity index (χ0) is 28.9. The minimum Gasteiger partial charge on any atom is -0.496 e. The van der Waals surface area contributed by atoms with Crippen LogP contribution in [-0.2, 0) is 19.4 Å². The van der Waals surface area contributed by atoms with Crippen molar-refractivity contribution in [1.82, 2.24) is 4.90 Å². The molecule has 1 N–H and O–H groups in total. The smallest absolute Gasteiger partial charge is 0.339 e. The van der Waals surface area contributed by atoms with Crippen LogP contribution in [0.25, 0.3) is 0 Å². The van der Waals surface area contributed by atoms with Gasteiger partial charge in [0.05, 0.1) is 14.2 Å². The molecule has 0 saturated carbocycles. The van der Waals surface area contributed by atoms with Crippen molar-refractivity contribution in [2.75, 3.05) is 14.2 Å². The molecule has 7 nitrogen and oxygen atoms in total. The summed E-state index contributed by atoms with van der Waals surface area (Å²) in [5.41, 5.74) is 4.76. The lowest BCUT2D eigenvalue weighted by atomic mass is 9.89. The summed E-state index contributed by atoms with van der Waals surface area (Å²) in [7, 11) is 3.17. The minimum atomic E-state index is -1.06. The fourth-order valence-corrected chi connectivity index (χ4v) is 5.40. The van der Waals surface area contributed by atoms with Gasteiger partial charge in [0.15, 0.2) is 0 Å². The number of rotatable bonds is 9. The molecule has 1 heterocycles. The van der Waals surface area contributed by atoms with Crippen LogP contribution in [0.3, 0.4) is 0 Å². The third-order valence-electron chi connectivity index (χ3n) is 7.63. The van der Waals surface area contributed by atoms with Crippen LogP contribution in [0.5, 0.6) is 23.0 Å². The van der Waals surface area contributed by atoms with E-state index in [1.54, 1.807) is 44.6 Å². The molecule has 1 amide bonds. The van der Waals surface area contributed by atoms with Crippen molar-refractivity contribution >= 4 is 11.9 Å². The Hall–Kier alpha value is -4.78. The third-order valence-corrected chi connectivity index (χ3v) is 7.63. The number of nitrogens with zero attached hydrogens (tertiary/aromatic N) is 1. The number of methoxy groups -OCH3 is 2. The Morgan fingerprint density at radius 3 is 2.22 bits per heavy atom. The highest BCUT2D eigenvalue weighted by Gasteiger charge is 2.31. The van der Waals surface area contributed by atoms with Crippen molar-refractivity contribution in [3.8, 4) is 23.0 Å². The molecule has 0 radical (unpaired) electrons. The number of fused-ring (bicyclic) bond motifs is 1. The number of para-hydroxylation sites is 1. The first-order valence-corrected chi connectivity index (χ1v) is 13.6. The molecule has 5 rings (SSSR count). The molecule has 0 saturated heterocycles. The van der Waals surface area contributed by atoms with Gasteiger partial charge in [-0.3, -0.25) is 4.79 Å². The zero-order valence-electron chi connectivity index (χ0n) is 23.4. The summed E-state index contributed by atoms with van der Waals surface area (Å²) in [6, 6.07) is 26.1. The molecule has 4 aromatic carbocycles. The van der Waals surface area contributed by atoms with Crippen LogP contribution >= 0.6 is 0 Å². The highest BCUT2D eigenvalue weighted by molar-refractivity contribution is 5.96. The van der Waals surface area contributed by atoms with Crippen LogP contribution in [0.2, 0.25) is 0 Å². The number of aromatic carboxylic acids is 1. The zero-order valence-corrected chi connectivity index (χ0v) is 23.4. The van der Waals surface area contributed by atoms with Crippen LogP contribution in [0, 0.1) is 6.92 Å². The molecule has 0 spiro atoms. The van der Waals surface area contributed by atoms with Crippen molar-refractivity contribution < 1.29 is 28.9 Å². The van der Waals surface area contributed by atoms with Crippen molar-refractivity contribution in [2.45, 2.75) is 38.8 Å². The second-order valence-electron chi connectivity index (χ2n) is 10.2. The van der Waals surface area contributed by atoms with Crippen molar-refractivity contribution in [1.29, 1.82) is 0 Å². The molecule has 1 aliphatic rings. The summed E-state index contributed by atoms with van der Waals surface area (Å²) in [4.78, 5) is 27.7. The Balaban J connectivity index is 1.47. The lowest BCUT2D eigenvalue weighted by Gasteiger charge is -2.37. The molecular weight excluding hydrogens is 518 g/mol. The first-order chi connectivity index (χ1) is 19.9. The second-order valence-corrected chi connectivity index (χ2v) is 10.2. The van der Waals surface area contributed by atoms with E-state index in [-0.39, 0.29) is 23.3 Å². The van der Waals surface area contributed by atoms with Crippen molar-refractivity contribution in [3.05, 3.63) is 118 Å². The molecule has 210 valence electrons. The van der Waals surface area contributed by atoms with Crippen molar-refractivity contribution in [2.24, 2.45) is 0 Å².